The van der Waals surface area contributed by atoms with Crippen LogP contribution in [-0.2, 0) is 10.3 Å². The number of carbonyl (C=O) groups is 1. The molecule has 6 nitrogen and oxygen atoms in total. The Balaban J connectivity index is 1.62. The summed E-state index contributed by atoms with van der Waals surface area (Å²) < 4.78 is 5.14. The van der Waals surface area contributed by atoms with Crippen molar-refractivity contribution in [3.63, 3.8) is 0 Å². The van der Waals surface area contributed by atoms with Crippen LogP contribution in [0.3, 0.4) is 0 Å². The lowest BCUT2D eigenvalue weighted by atomic mass is 9.85. The molecule has 1 aromatic rings. The summed E-state index contributed by atoms with van der Waals surface area (Å²) in [5.74, 6) is 2.32. The summed E-state index contributed by atoms with van der Waals surface area (Å²) >= 11 is 0. The van der Waals surface area contributed by atoms with Gasteiger partial charge in [0.1, 0.15) is 5.54 Å². The Morgan fingerprint density at radius 2 is 2.22 bits per heavy atom. The Morgan fingerprint density at radius 3 is 2.83 bits per heavy atom. The Labute approximate surface area is 137 Å². The summed E-state index contributed by atoms with van der Waals surface area (Å²) in [5.41, 5.74) is -0.417. The van der Waals surface area contributed by atoms with Crippen LogP contribution in [0.4, 0.5) is 0 Å². The summed E-state index contributed by atoms with van der Waals surface area (Å²) in [6, 6.07) is 0. The second-order valence-corrected chi connectivity index (χ2v) is 7.26. The molecule has 1 aliphatic carbocycles. The molecule has 23 heavy (non-hydrogen) atoms. The van der Waals surface area contributed by atoms with Crippen molar-refractivity contribution >= 4 is 5.91 Å². The van der Waals surface area contributed by atoms with E-state index in [2.05, 4.69) is 27.7 Å². The lowest BCUT2D eigenvalue weighted by Crippen LogP contribution is -2.45. The highest BCUT2D eigenvalue weighted by atomic mass is 16.5. The van der Waals surface area contributed by atoms with Gasteiger partial charge in [0.25, 0.3) is 0 Å². The lowest BCUT2D eigenvalue weighted by molar-refractivity contribution is -0.124. The van der Waals surface area contributed by atoms with E-state index in [0.717, 1.165) is 38.8 Å². The van der Waals surface area contributed by atoms with Crippen LogP contribution in [0.5, 0.6) is 0 Å². The topological polar surface area (TPSA) is 80.0 Å². The van der Waals surface area contributed by atoms with Crippen molar-refractivity contribution in [2.75, 3.05) is 13.1 Å². The Morgan fingerprint density at radius 1 is 1.43 bits per heavy atom. The molecule has 2 heterocycles. The SMILES string of the molecule is Cc1nc(C2(NC(=O)CC(C)C3CCCNC3)CCCC2)no1. The number of amides is 1. The predicted molar refractivity (Wildman–Crippen MR) is 86.7 cm³/mol. The average molecular weight is 320 g/mol. The van der Waals surface area contributed by atoms with E-state index in [4.69, 9.17) is 4.52 Å². The Bertz CT molecular complexity index is 530. The number of aromatic nitrogens is 2. The molecule has 1 aromatic heterocycles. The van der Waals surface area contributed by atoms with Gasteiger partial charge in [-0.1, -0.05) is 24.9 Å². The fraction of sp³-hybridized carbons (Fsp3) is 0.824. The fourth-order valence-corrected chi connectivity index (χ4v) is 4.02. The van der Waals surface area contributed by atoms with E-state index in [9.17, 15) is 4.79 Å². The summed E-state index contributed by atoms with van der Waals surface area (Å²) in [4.78, 5) is 17.0. The first-order chi connectivity index (χ1) is 11.1. The average Bonchev–Trinajstić information content (AvgIpc) is 3.18. The molecular weight excluding hydrogens is 292 g/mol. The van der Waals surface area contributed by atoms with Crippen LogP contribution >= 0.6 is 0 Å². The molecule has 0 bridgehead atoms. The van der Waals surface area contributed by atoms with Crippen molar-refractivity contribution in [1.82, 2.24) is 20.8 Å². The van der Waals surface area contributed by atoms with Gasteiger partial charge in [-0.15, -0.1) is 0 Å². The molecule has 1 saturated carbocycles. The Hall–Kier alpha value is -1.43. The van der Waals surface area contributed by atoms with Gasteiger partial charge in [-0.05, 0) is 50.6 Å². The molecule has 2 unspecified atom stereocenters. The van der Waals surface area contributed by atoms with E-state index in [1.807, 2.05) is 0 Å². The van der Waals surface area contributed by atoms with Crippen LogP contribution in [0, 0.1) is 18.8 Å². The van der Waals surface area contributed by atoms with Gasteiger partial charge >= 0.3 is 0 Å². The van der Waals surface area contributed by atoms with Gasteiger partial charge in [-0.3, -0.25) is 4.79 Å². The van der Waals surface area contributed by atoms with E-state index in [0.29, 0.717) is 30.0 Å². The van der Waals surface area contributed by atoms with Crippen LogP contribution < -0.4 is 10.6 Å². The van der Waals surface area contributed by atoms with Gasteiger partial charge in [-0.25, -0.2) is 0 Å². The molecule has 6 heteroatoms. The van der Waals surface area contributed by atoms with Crippen molar-refractivity contribution in [3.8, 4) is 0 Å². The smallest absolute Gasteiger partial charge is 0.223 e. The third-order valence-corrected chi connectivity index (χ3v) is 5.44. The number of piperidine rings is 1. The van der Waals surface area contributed by atoms with Crippen LogP contribution in [0.1, 0.15) is 63.6 Å². The number of aryl methyl sites for hydroxylation is 1. The van der Waals surface area contributed by atoms with Crippen LogP contribution in [-0.4, -0.2) is 29.1 Å². The zero-order valence-corrected chi connectivity index (χ0v) is 14.2. The number of rotatable bonds is 5. The molecule has 2 N–H and O–H groups in total. The second kappa shape index (κ2) is 6.99. The minimum absolute atomic E-state index is 0.118. The maximum Gasteiger partial charge on any atom is 0.223 e. The normalized spacial score (nSPS) is 25.2. The predicted octanol–water partition coefficient (Wildman–Crippen LogP) is 2.29. The van der Waals surface area contributed by atoms with E-state index < -0.39 is 5.54 Å². The molecule has 3 rings (SSSR count). The molecule has 0 aromatic carbocycles. The highest BCUT2D eigenvalue weighted by Crippen LogP contribution is 2.37. The van der Waals surface area contributed by atoms with Crippen LogP contribution in [0.25, 0.3) is 0 Å². The maximum atomic E-state index is 12.6. The van der Waals surface area contributed by atoms with E-state index in [1.54, 1.807) is 6.92 Å². The first kappa shape index (κ1) is 16.4. The third kappa shape index (κ3) is 3.74. The maximum absolute atomic E-state index is 12.6. The first-order valence-electron chi connectivity index (χ1n) is 8.91. The zero-order chi connectivity index (χ0) is 16.3. The molecule has 1 amide bonds. The van der Waals surface area contributed by atoms with Crippen molar-refractivity contribution in [3.05, 3.63) is 11.7 Å². The molecule has 1 saturated heterocycles. The van der Waals surface area contributed by atoms with E-state index in [-0.39, 0.29) is 5.91 Å². The van der Waals surface area contributed by atoms with Gasteiger partial charge in [0.15, 0.2) is 5.82 Å². The highest BCUT2D eigenvalue weighted by Gasteiger charge is 2.41. The van der Waals surface area contributed by atoms with Crippen LogP contribution in [0.15, 0.2) is 4.52 Å². The monoisotopic (exact) mass is 320 g/mol. The lowest BCUT2D eigenvalue weighted by Gasteiger charge is -2.30. The van der Waals surface area contributed by atoms with Gasteiger partial charge in [-0.2, -0.15) is 4.98 Å². The highest BCUT2D eigenvalue weighted by molar-refractivity contribution is 5.77. The first-order valence-corrected chi connectivity index (χ1v) is 8.91. The number of hydrogen-bond donors (Lipinski definition) is 2. The van der Waals surface area contributed by atoms with Crippen molar-refractivity contribution in [2.45, 2.75) is 64.3 Å². The summed E-state index contributed by atoms with van der Waals surface area (Å²) in [7, 11) is 0. The summed E-state index contributed by atoms with van der Waals surface area (Å²) in [6.45, 7) is 6.12. The quantitative estimate of drug-likeness (QED) is 0.870. The van der Waals surface area contributed by atoms with Crippen LogP contribution in [0.2, 0.25) is 0 Å². The van der Waals surface area contributed by atoms with E-state index in [1.165, 1.54) is 12.8 Å². The van der Waals surface area contributed by atoms with Gasteiger partial charge in [0.2, 0.25) is 11.8 Å². The minimum Gasteiger partial charge on any atom is -0.343 e. The standard InChI is InChI=1S/C17H28N4O2/c1-12(14-6-5-9-18-11-14)10-15(22)20-17(7-3-4-8-17)16-19-13(2)23-21-16/h12,14,18H,3-11H2,1-2H3,(H,20,22). The second-order valence-electron chi connectivity index (χ2n) is 7.26. The third-order valence-electron chi connectivity index (χ3n) is 5.44. The summed E-state index contributed by atoms with van der Waals surface area (Å²) in [6.07, 6.45) is 6.99. The number of carbonyl (C=O) groups excluding carboxylic acids is 1. The zero-order valence-electron chi connectivity index (χ0n) is 14.2. The van der Waals surface area contributed by atoms with Crippen molar-refractivity contribution < 1.29 is 9.32 Å². The van der Waals surface area contributed by atoms with Crippen molar-refractivity contribution in [1.29, 1.82) is 0 Å². The van der Waals surface area contributed by atoms with E-state index >= 15 is 0 Å². The molecule has 2 atom stereocenters. The molecule has 0 spiro atoms. The number of nitrogens with zero attached hydrogens (tertiary/aromatic N) is 2. The molecule has 2 fully saturated rings. The largest absolute Gasteiger partial charge is 0.343 e. The molecule has 128 valence electrons. The molecule has 0 radical (unpaired) electrons. The Kier molecular flexibility index (Phi) is 4.99. The van der Waals surface area contributed by atoms with Crippen molar-refractivity contribution in [2.24, 2.45) is 11.8 Å². The van der Waals surface area contributed by atoms with Gasteiger partial charge in [0.05, 0.1) is 0 Å². The minimum atomic E-state index is -0.417. The van der Waals surface area contributed by atoms with Gasteiger partial charge in [0, 0.05) is 13.3 Å². The fourth-order valence-electron chi connectivity index (χ4n) is 4.02. The molecule has 1 aliphatic heterocycles. The molecule has 2 aliphatic rings. The summed E-state index contributed by atoms with van der Waals surface area (Å²) in [5, 5.41) is 10.8. The number of hydrogen-bond acceptors (Lipinski definition) is 5. The molecular formula is C17H28N4O2. The van der Waals surface area contributed by atoms with Gasteiger partial charge < -0.3 is 15.2 Å². The number of nitrogens with one attached hydrogen (secondary N) is 2.